The van der Waals surface area contributed by atoms with Gasteiger partial charge < -0.3 is 20.1 Å². The number of nitrogens with zero attached hydrogens (tertiary/aromatic N) is 1. The number of carbonyl (C=O) groups is 2. The van der Waals surface area contributed by atoms with Gasteiger partial charge in [0.2, 0.25) is 0 Å². The molecule has 0 aliphatic heterocycles. The summed E-state index contributed by atoms with van der Waals surface area (Å²) in [5.74, 6) is -0.380. The molecule has 0 saturated heterocycles. The van der Waals surface area contributed by atoms with E-state index in [0.29, 0.717) is 22.3 Å². The van der Waals surface area contributed by atoms with Gasteiger partial charge in [-0.1, -0.05) is 6.92 Å². The van der Waals surface area contributed by atoms with Crippen LogP contribution in [-0.2, 0) is 4.79 Å². The summed E-state index contributed by atoms with van der Waals surface area (Å²) in [6.45, 7) is 1.71. The van der Waals surface area contributed by atoms with Crippen molar-refractivity contribution in [3.8, 4) is 5.75 Å². The Hall–Kier alpha value is -1.76. The van der Waals surface area contributed by atoms with Gasteiger partial charge in [-0.2, -0.15) is 0 Å². The molecule has 0 fully saturated rings. The van der Waals surface area contributed by atoms with E-state index in [1.165, 1.54) is 11.9 Å². The Morgan fingerprint density at radius 2 is 2.15 bits per heavy atom. The largest absolute Gasteiger partial charge is 0.496 e. The first-order chi connectivity index (χ1) is 9.40. The average molecular weight is 345 g/mol. The van der Waals surface area contributed by atoms with E-state index in [0.717, 1.165) is 0 Å². The maximum absolute atomic E-state index is 12.0. The van der Waals surface area contributed by atoms with Crippen LogP contribution in [-0.4, -0.2) is 42.2 Å². The Morgan fingerprint density at radius 1 is 1.50 bits per heavy atom. The minimum Gasteiger partial charge on any atom is -0.496 e. The van der Waals surface area contributed by atoms with Gasteiger partial charge >= 0.3 is 12.0 Å². The average Bonchev–Trinajstić information content (AvgIpc) is 2.39. The summed E-state index contributed by atoms with van der Waals surface area (Å²) in [5, 5.41) is 11.7. The third-order valence-electron chi connectivity index (χ3n) is 2.86. The molecule has 110 valence electrons. The number of anilines is 1. The molecule has 0 aromatic heterocycles. The van der Waals surface area contributed by atoms with Crippen LogP contribution in [0.2, 0.25) is 0 Å². The molecule has 2 N–H and O–H groups in total. The summed E-state index contributed by atoms with van der Waals surface area (Å²) in [5.41, 5.74) is 0.551. The number of methoxy groups -OCH3 is 1. The maximum atomic E-state index is 12.0. The lowest BCUT2D eigenvalue weighted by atomic mass is 10.2. The molecular formula is C13H17BrN2O4. The molecule has 0 saturated carbocycles. The number of carboxylic acids is 1. The van der Waals surface area contributed by atoms with Gasteiger partial charge in [-0.25, -0.2) is 9.59 Å². The van der Waals surface area contributed by atoms with Crippen molar-refractivity contribution < 1.29 is 19.4 Å². The fourth-order valence-corrected chi connectivity index (χ4v) is 2.25. The fourth-order valence-electron chi connectivity index (χ4n) is 1.71. The third-order valence-corrected chi connectivity index (χ3v) is 3.48. The minimum absolute atomic E-state index is 0.339. The van der Waals surface area contributed by atoms with Crippen LogP contribution in [0.4, 0.5) is 10.5 Å². The minimum atomic E-state index is -1.03. The summed E-state index contributed by atoms with van der Waals surface area (Å²) in [7, 11) is 3.00. The summed E-state index contributed by atoms with van der Waals surface area (Å²) in [6.07, 6.45) is 0.339. The van der Waals surface area contributed by atoms with Crippen LogP contribution >= 0.6 is 15.9 Å². The normalized spacial score (nSPS) is 11.6. The Kier molecular flexibility index (Phi) is 5.82. The number of likely N-dealkylation sites (N-methyl/N-ethyl adjacent to an activating group) is 1. The first-order valence-electron chi connectivity index (χ1n) is 6.00. The van der Waals surface area contributed by atoms with Gasteiger partial charge in [0.05, 0.1) is 11.6 Å². The van der Waals surface area contributed by atoms with Gasteiger partial charge in [-0.3, -0.25) is 0 Å². The smallest absolute Gasteiger partial charge is 0.326 e. The lowest BCUT2D eigenvalue weighted by molar-refractivity contribution is -0.141. The number of aliphatic carboxylic acids is 1. The quantitative estimate of drug-likeness (QED) is 0.860. The number of nitrogens with one attached hydrogen (secondary N) is 1. The van der Waals surface area contributed by atoms with Gasteiger partial charge in [0.25, 0.3) is 0 Å². The first-order valence-corrected chi connectivity index (χ1v) is 6.80. The number of rotatable bonds is 5. The van der Waals surface area contributed by atoms with Crippen molar-refractivity contribution in [3.05, 3.63) is 22.7 Å². The van der Waals surface area contributed by atoms with Crippen molar-refractivity contribution in [2.24, 2.45) is 0 Å². The van der Waals surface area contributed by atoms with Crippen LogP contribution in [0.3, 0.4) is 0 Å². The molecule has 1 atom stereocenters. The number of urea groups is 1. The summed E-state index contributed by atoms with van der Waals surface area (Å²) >= 11 is 3.32. The van der Waals surface area contributed by atoms with E-state index < -0.39 is 18.0 Å². The number of hydrogen-bond donors (Lipinski definition) is 2. The fraction of sp³-hybridized carbons (Fsp3) is 0.385. The predicted octanol–water partition coefficient (Wildman–Crippen LogP) is 2.78. The number of ether oxygens (including phenoxy) is 1. The highest BCUT2D eigenvalue weighted by Gasteiger charge is 2.24. The summed E-state index contributed by atoms with van der Waals surface area (Å²) in [4.78, 5) is 24.2. The van der Waals surface area contributed by atoms with E-state index in [1.54, 1.807) is 32.2 Å². The van der Waals surface area contributed by atoms with Crippen LogP contribution in [0.5, 0.6) is 5.75 Å². The van der Waals surface area contributed by atoms with E-state index in [1.807, 2.05) is 0 Å². The van der Waals surface area contributed by atoms with Crippen molar-refractivity contribution in [3.63, 3.8) is 0 Å². The highest BCUT2D eigenvalue weighted by atomic mass is 79.9. The lowest BCUT2D eigenvalue weighted by Crippen LogP contribution is -2.44. The SMILES string of the molecule is CCC(C(=O)O)N(C)C(=O)Nc1ccc(OC)c(Br)c1. The molecule has 1 aromatic carbocycles. The molecule has 7 heteroatoms. The molecule has 0 aliphatic rings. The van der Waals surface area contributed by atoms with Gasteiger partial charge in [0.1, 0.15) is 11.8 Å². The van der Waals surface area contributed by atoms with Crippen LogP contribution in [0.15, 0.2) is 22.7 Å². The van der Waals surface area contributed by atoms with Gasteiger partial charge in [-0.05, 0) is 40.5 Å². The Bertz CT molecular complexity index is 507. The second-order valence-electron chi connectivity index (χ2n) is 4.15. The third kappa shape index (κ3) is 3.86. The maximum Gasteiger partial charge on any atom is 0.326 e. The van der Waals surface area contributed by atoms with E-state index >= 15 is 0 Å². The number of amides is 2. The second kappa shape index (κ2) is 7.14. The van der Waals surface area contributed by atoms with Crippen LogP contribution < -0.4 is 10.1 Å². The van der Waals surface area contributed by atoms with E-state index in [2.05, 4.69) is 21.2 Å². The molecule has 1 unspecified atom stereocenters. The molecule has 0 bridgehead atoms. The first kappa shape index (κ1) is 16.3. The van der Waals surface area contributed by atoms with Gasteiger partial charge in [-0.15, -0.1) is 0 Å². The summed E-state index contributed by atoms with van der Waals surface area (Å²) in [6, 6.07) is 3.74. The Morgan fingerprint density at radius 3 is 2.60 bits per heavy atom. The standard InChI is InChI=1S/C13H17BrN2O4/c1-4-10(12(17)18)16(2)13(19)15-8-5-6-11(20-3)9(14)7-8/h5-7,10H,4H2,1-3H3,(H,15,19)(H,17,18). The van der Waals surface area contributed by atoms with Crippen molar-refractivity contribution in [1.29, 1.82) is 0 Å². The zero-order valence-electron chi connectivity index (χ0n) is 11.5. The van der Waals surface area contributed by atoms with Gasteiger partial charge in [0, 0.05) is 12.7 Å². The number of carbonyl (C=O) groups excluding carboxylic acids is 1. The van der Waals surface area contributed by atoms with Crippen molar-refractivity contribution in [1.82, 2.24) is 4.90 Å². The number of hydrogen-bond acceptors (Lipinski definition) is 3. The van der Waals surface area contributed by atoms with Crippen molar-refractivity contribution in [2.75, 3.05) is 19.5 Å². The van der Waals surface area contributed by atoms with E-state index in [9.17, 15) is 9.59 Å². The van der Waals surface area contributed by atoms with E-state index in [4.69, 9.17) is 9.84 Å². The molecular weight excluding hydrogens is 328 g/mol. The molecule has 0 aliphatic carbocycles. The molecule has 1 aromatic rings. The number of carboxylic acid groups (broad SMARTS) is 1. The zero-order chi connectivity index (χ0) is 15.3. The highest BCUT2D eigenvalue weighted by molar-refractivity contribution is 9.10. The Balaban J connectivity index is 2.80. The Labute approximate surface area is 125 Å². The lowest BCUT2D eigenvalue weighted by Gasteiger charge is -2.24. The van der Waals surface area contributed by atoms with Crippen LogP contribution in [0.25, 0.3) is 0 Å². The molecule has 20 heavy (non-hydrogen) atoms. The van der Waals surface area contributed by atoms with Gasteiger partial charge in [0.15, 0.2) is 0 Å². The van der Waals surface area contributed by atoms with Crippen LogP contribution in [0.1, 0.15) is 13.3 Å². The molecule has 0 radical (unpaired) electrons. The molecule has 1 rings (SSSR count). The number of benzene rings is 1. The molecule has 0 heterocycles. The van der Waals surface area contributed by atoms with Crippen LogP contribution in [0, 0.1) is 0 Å². The molecule has 2 amide bonds. The molecule has 0 spiro atoms. The number of halogens is 1. The summed E-state index contributed by atoms with van der Waals surface area (Å²) < 4.78 is 5.79. The molecule has 6 nitrogen and oxygen atoms in total. The van der Waals surface area contributed by atoms with Crippen molar-refractivity contribution in [2.45, 2.75) is 19.4 Å². The monoisotopic (exact) mass is 344 g/mol. The predicted molar refractivity (Wildman–Crippen MR) is 79.2 cm³/mol. The van der Waals surface area contributed by atoms with E-state index in [-0.39, 0.29) is 0 Å². The van der Waals surface area contributed by atoms with Crippen molar-refractivity contribution >= 4 is 33.6 Å². The second-order valence-corrected chi connectivity index (χ2v) is 5.01. The topological polar surface area (TPSA) is 78.9 Å². The zero-order valence-corrected chi connectivity index (χ0v) is 13.1. The highest BCUT2D eigenvalue weighted by Crippen LogP contribution is 2.27.